The van der Waals surface area contributed by atoms with E-state index >= 15 is 0 Å². The Kier molecular flexibility index (Phi) is 6.16. The summed E-state index contributed by atoms with van der Waals surface area (Å²) < 4.78 is 18.2. The van der Waals surface area contributed by atoms with Gasteiger partial charge in [-0.1, -0.05) is 19.1 Å². The number of halogens is 1. The van der Waals surface area contributed by atoms with E-state index in [2.05, 4.69) is 12.2 Å². The average molecular weight is 228 g/mol. The van der Waals surface area contributed by atoms with Gasteiger partial charge in [0.15, 0.2) is 0 Å². The standard InChI is InChI=1S/C13H21FO2/c1-2-12(9-15)13(8-14)16-10-11-6-4-3-5-7-11/h4,6,11,15H,2-3,5,7-10H2,1H3/b13-12+/t11-/m0/s1. The molecule has 0 saturated heterocycles. The molecular formula is C13H21FO2. The Morgan fingerprint density at radius 2 is 2.38 bits per heavy atom. The van der Waals surface area contributed by atoms with E-state index in [0.717, 1.165) is 12.8 Å². The lowest BCUT2D eigenvalue weighted by Crippen LogP contribution is -2.12. The Hall–Kier alpha value is -0.830. The van der Waals surface area contributed by atoms with Crippen molar-refractivity contribution < 1.29 is 14.2 Å². The van der Waals surface area contributed by atoms with E-state index < -0.39 is 6.67 Å². The first-order valence-electron chi connectivity index (χ1n) is 5.99. The summed E-state index contributed by atoms with van der Waals surface area (Å²) in [6.07, 6.45) is 8.36. The van der Waals surface area contributed by atoms with Crippen molar-refractivity contribution in [1.82, 2.24) is 0 Å². The highest BCUT2D eigenvalue weighted by molar-refractivity contribution is 5.09. The maximum absolute atomic E-state index is 12.7. The van der Waals surface area contributed by atoms with Gasteiger partial charge in [0, 0.05) is 5.92 Å². The second kappa shape index (κ2) is 7.44. The molecule has 16 heavy (non-hydrogen) atoms. The van der Waals surface area contributed by atoms with Gasteiger partial charge in [0.05, 0.1) is 13.2 Å². The van der Waals surface area contributed by atoms with Gasteiger partial charge in [0.2, 0.25) is 0 Å². The van der Waals surface area contributed by atoms with Gasteiger partial charge in [0.25, 0.3) is 0 Å². The van der Waals surface area contributed by atoms with Gasteiger partial charge in [-0.3, -0.25) is 0 Å². The monoisotopic (exact) mass is 228 g/mol. The molecule has 1 aliphatic carbocycles. The van der Waals surface area contributed by atoms with Crippen LogP contribution in [0.5, 0.6) is 0 Å². The minimum Gasteiger partial charge on any atom is -0.494 e. The predicted molar refractivity (Wildman–Crippen MR) is 62.8 cm³/mol. The fraction of sp³-hybridized carbons (Fsp3) is 0.692. The second-order valence-corrected chi connectivity index (χ2v) is 4.10. The number of hydrogen-bond acceptors (Lipinski definition) is 2. The minimum atomic E-state index is -0.625. The average Bonchev–Trinajstić information content (AvgIpc) is 2.35. The summed E-state index contributed by atoms with van der Waals surface area (Å²) in [5, 5.41) is 9.05. The number of aliphatic hydroxyl groups excluding tert-OH is 1. The topological polar surface area (TPSA) is 29.5 Å². The number of allylic oxidation sites excluding steroid dienone is 2. The molecule has 3 heteroatoms. The number of alkyl halides is 1. The molecule has 92 valence electrons. The third-order valence-electron chi connectivity index (χ3n) is 2.96. The van der Waals surface area contributed by atoms with Crippen molar-refractivity contribution in [2.45, 2.75) is 32.6 Å². The fourth-order valence-electron chi connectivity index (χ4n) is 1.86. The Morgan fingerprint density at radius 3 is 2.88 bits per heavy atom. The molecule has 0 aromatic heterocycles. The van der Waals surface area contributed by atoms with Crippen LogP contribution in [0.1, 0.15) is 32.6 Å². The van der Waals surface area contributed by atoms with E-state index in [9.17, 15) is 4.39 Å². The smallest absolute Gasteiger partial charge is 0.147 e. The largest absolute Gasteiger partial charge is 0.494 e. The Morgan fingerprint density at radius 1 is 1.56 bits per heavy atom. The van der Waals surface area contributed by atoms with Crippen LogP contribution in [0, 0.1) is 5.92 Å². The van der Waals surface area contributed by atoms with Gasteiger partial charge in [-0.15, -0.1) is 0 Å². The molecule has 0 spiro atoms. The Balaban J connectivity index is 2.47. The maximum Gasteiger partial charge on any atom is 0.147 e. The summed E-state index contributed by atoms with van der Waals surface area (Å²) in [4.78, 5) is 0. The fourth-order valence-corrected chi connectivity index (χ4v) is 1.86. The van der Waals surface area contributed by atoms with Gasteiger partial charge in [-0.25, -0.2) is 4.39 Å². The van der Waals surface area contributed by atoms with Gasteiger partial charge >= 0.3 is 0 Å². The normalized spacial score (nSPS) is 21.8. The molecule has 1 atom stereocenters. The Labute approximate surface area is 96.8 Å². The third-order valence-corrected chi connectivity index (χ3v) is 2.96. The maximum atomic E-state index is 12.7. The lowest BCUT2D eigenvalue weighted by Gasteiger charge is -2.18. The Bertz CT molecular complexity index is 253. The first-order chi connectivity index (χ1) is 7.81. The van der Waals surface area contributed by atoms with E-state index in [4.69, 9.17) is 9.84 Å². The van der Waals surface area contributed by atoms with Gasteiger partial charge < -0.3 is 9.84 Å². The zero-order valence-electron chi connectivity index (χ0n) is 9.92. The second-order valence-electron chi connectivity index (χ2n) is 4.10. The van der Waals surface area contributed by atoms with E-state index in [0.29, 0.717) is 30.3 Å². The molecule has 0 heterocycles. The summed E-state index contributed by atoms with van der Waals surface area (Å²) in [5.41, 5.74) is 0.669. The molecule has 1 aliphatic rings. The van der Waals surface area contributed by atoms with Crippen molar-refractivity contribution in [2.75, 3.05) is 19.9 Å². The zero-order valence-corrected chi connectivity index (χ0v) is 9.92. The zero-order chi connectivity index (χ0) is 11.8. The van der Waals surface area contributed by atoms with Crippen molar-refractivity contribution in [3.05, 3.63) is 23.5 Å². The first kappa shape index (κ1) is 13.2. The minimum absolute atomic E-state index is 0.115. The van der Waals surface area contributed by atoms with Crippen molar-refractivity contribution in [3.8, 4) is 0 Å². The molecule has 0 aromatic carbocycles. The van der Waals surface area contributed by atoms with Crippen LogP contribution in [0.2, 0.25) is 0 Å². The number of aliphatic hydroxyl groups is 1. The molecule has 0 fully saturated rings. The first-order valence-corrected chi connectivity index (χ1v) is 5.99. The quantitative estimate of drug-likeness (QED) is 0.559. The molecule has 0 aliphatic heterocycles. The van der Waals surface area contributed by atoms with Crippen LogP contribution in [0.25, 0.3) is 0 Å². The van der Waals surface area contributed by atoms with Gasteiger partial charge in [-0.05, 0) is 31.3 Å². The molecule has 1 N–H and O–H groups in total. The van der Waals surface area contributed by atoms with Crippen molar-refractivity contribution in [3.63, 3.8) is 0 Å². The van der Waals surface area contributed by atoms with Gasteiger partial charge in [-0.2, -0.15) is 0 Å². The molecule has 0 bridgehead atoms. The van der Waals surface area contributed by atoms with Crippen LogP contribution in [-0.4, -0.2) is 25.0 Å². The molecule has 0 aromatic rings. The highest BCUT2D eigenvalue weighted by atomic mass is 19.1. The summed E-state index contributed by atoms with van der Waals surface area (Å²) in [7, 11) is 0. The van der Waals surface area contributed by atoms with Crippen molar-refractivity contribution in [2.24, 2.45) is 5.92 Å². The van der Waals surface area contributed by atoms with Gasteiger partial charge in [0.1, 0.15) is 12.4 Å². The lowest BCUT2D eigenvalue weighted by molar-refractivity contribution is 0.151. The van der Waals surface area contributed by atoms with Crippen LogP contribution < -0.4 is 0 Å². The predicted octanol–water partition coefficient (Wildman–Crippen LogP) is 2.99. The van der Waals surface area contributed by atoms with E-state index in [1.165, 1.54) is 6.42 Å². The summed E-state index contributed by atoms with van der Waals surface area (Å²) >= 11 is 0. The SMILES string of the molecule is CC/C(CO)=C(/CF)OC[C@H]1C=CCCC1. The molecule has 1 rings (SSSR count). The lowest BCUT2D eigenvalue weighted by atomic mass is 9.97. The number of ether oxygens (including phenoxy) is 1. The number of rotatable bonds is 6. The summed E-state index contributed by atoms with van der Waals surface area (Å²) in [6.45, 7) is 1.68. The van der Waals surface area contributed by atoms with Crippen LogP contribution in [0.15, 0.2) is 23.5 Å². The molecule has 2 nitrogen and oxygen atoms in total. The third kappa shape index (κ3) is 3.97. The molecule has 0 unspecified atom stereocenters. The van der Waals surface area contributed by atoms with Crippen molar-refractivity contribution >= 4 is 0 Å². The highest BCUT2D eigenvalue weighted by Crippen LogP contribution is 2.19. The van der Waals surface area contributed by atoms with E-state index in [1.807, 2.05) is 6.92 Å². The number of hydrogen-bond donors (Lipinski definition) is 1. The van der Waals surface area contributed by atoms with Crippen LogP contribution in [-0.2, 0) is 4.74 Å². The van der Waals surface area contributed by atoms with Crippen molar-refractivity contribution in [1.29, 1.82) is 0 Å². The molecule has 0 amide bonds. The van der Waals surface area contributed by atoms with Crippen LogP contribution >= 0.6 is 0 Å². The molecule has 0 radical (unpaired) electrons. The van der Waals surface area contributed by atoms with E-state index in [1.54, 1.807) is 0 Å². The van der Waals surface area contributed by atoms with Crippen LogP contribution in [0.4, 0.5) is 4.39 Å². The van der Waals surface area contributed by atoms with Crippen LogP contribution in [0.3, 0.4) is 0 Å². The van der Waals surface area contributed by atoms with E-state index in [-0.39, 0.29) is 6.61 Å². The molecular weight excluding hydrogens is 207 g/mol. The summed E-state index contributed by atoms with van der Waals surface area (Å²) in [5.74, 6) is 0.719. The summed E-state index contributed by atoms with van der Waals surface area (Å²) in [6, 6.07) is 0. The molecule has 0 saturated carbocycles. The highest BCUT2D eigenvalue weighted by Gasteiger charge is 2.12.